The topological polar surface area (TPSA) is 78.0 Å². The number of nitrogens with zero attached hydrogens (tertiary/aromatic N) is 2. The van der Waals surface area contributed by atoms with E-state index in [1.54, 1.807) is 0 Å². The Morgan fingerprint density at radius 2 is 1.91 bits per heavy atom. The number of fused-ring (bicyclic) bond motifs is 1. The maximum absolute atomic E-state index is 12.1. The number of likely N-dealkylation sites (N-methyl/N-ethyl adjacent to an activating group) is 1. The lowest BCUT2D eigenvalue weighted by molar-refractivity contribution is -0.116. The van der Waals surface area contributed by atoms with Crippen LogP contribution in [0.5, 0.6) is 5.75 Å². The molecule has 1 atom stereocenters. The molecule has 0 spiro atoms. The Labute approximate surface area is 208 Å². The smallest absolute Gasteiger partial charge is 0.225 e. The van der Waals surface area contributed by atoms with E-state index >= 15 is 0 Å². The Balaban J connectivity index is 0.00000363. The van der Waals surface area contributed by atoms with E-state index in [-0.39, 0.29) is 35.8 Å². The molecule has 0 bridgehead atoms. The van der Waals surface area contributed by atoms with Crippen molar-refractivity contribution in [1.82, 2.24) is 15.5 Å². The van der Waals surface area contributed by atoms with Gasteiger partial charge in [0.05, 0.1) is 6.54 Å². The highest BCUT2D eigenvalue weighted by Gasteiger charge is 2.24. The summed E-state index contributed by atoms with van der Waals surface area (Å²) < 4.78 is 5.95. The molecule has 0 radical (unpaired) electrons. The third-order valence-electron chi connectivity index (χ3n) is 5.14. The molecule has 1 aliphatic rings. The largest absolute Gasteiger partial charge is 0.492 e. The molecule has 0 aromatic heterocycles. The van der Waals surface area contributed by atoms with Crippen molar-refractivity contribution >= 4 is 41.5 Å². The standard InChI is InChI=1S/C24H33N5O2.HI/c1-4-25-24(26-16-18-9-5-8-12-22(18)31-14-13-29(2)3)27-17-19-15-23(30)28-21-11-7-6-10-20(19)21;/h5-12,19H,4,13-17H2,1-3H3,(H,28,30)(H2,25,26,27);1H. The quantitative estimate of drug-likeness (QED) is 0.253. The van der Waals surface area contributed by atoms with Crippen LogP contribution in [0.25, 0.3) is 0 Å². The van der Waals surface area contributed by atoms with E-state index in [0.29, 0.717) is 26.1 Å². The fourth-order valence-corrected chi connectivity index (χ4v) is 3.52. The van der Waals surface area contributed by atoms with Gasteiger partial charge in [-0.05, 0) is 38.7 Å². The zero-order valence-electron chi connectivity index (χ0n) is 19.1. The number of anilines is 1. The molecule has 1 unspecified atom stereocenters. The van der Waals surface area contributed by atoms with Crippen molar-refractivity contribution in [2.24, 2.45) is 4.99 Å². The van der Waals surface area contributed by atoms with Crippen LogP contribution in [0.15, 0.2) is 53.5 Å². The molecule has 3 N–H and O–H groups in total. The minimum absolute atomic E-state index is 0. The van der Waals surface area contributed by atoms with Crippen molar-refractivity contribution in [3.63, 3.8) is 0 Å². The second kappa shape index (κ2) is 13.3. The van der Waals surface area contributed by atoms with Crippen LogP contribution in [-0.4, -0.2) is 57.1 Å². The van der Waals surface area contributed by atoms with Crippen LogP contribution in [0.2, 0.25) is 0 Å². The molecule has 0 aliphatic carbocycles. The van der Waals surface area contributed by atoms with Gasteiger partial charge in [-0.1, -0.05) is 36.4 Å². The van der Waals surface area contributed by atoms with Gasteiger partial charge in [-0.25, -0.2) is 4.99 Å². The lowest BCUT2D eigenvalue weighted by Crippen LogP contribution is -2.40. The maximum Gasteiger partial charge on any atom is 0.225 e. The van der Waals surface area contributed by atoms with Crippen molar-refractivity contribution in [3.8, 4) is 5.75 Å². The number of carbonyl (C=O) groups is 1. The van der Waals surface area contributed by atoms with Gasteiger partial charge in [-0.2, -0.15) is 0 Å². The van der Waals surface area contributed by atoms with Crippen LogP contribution < -0.4 is 20.7 Å². The Morgan fingerprint density at radius 1 is 1.16 bits per heavy atom. The van der Waals surface area contributed by atoms with E-state index in [9.17, 15) is 4.79 Å². The summed E-state index contributed by atoms with van der Waals surface area (Å²) in [5.74, 6) is 1.75. The first-order chi connectivity index (χ1) is 15.1. The Morgan fingerprint density at radius 3 is 2.69 bits per heavy atom. The zero-order valence-corrected chi connectivity index (χ0v) is 21.4. The van der Waals surface area contributed by atoms with Gasteiger partial charge >= 0.3 is 0 Å². The molecule has 7 nitrogen and oxygen atoms in total. The van der Waals surface area contributed by atoms with E-state index < -0.39 is 0 Å². The first-order valence-electron chi connectivity index (χ1n) is 10.8. The second-order valence-electron chi connectivity index (χ2n) is 7.87. The SMILES string of the molecule is CCNC(=NCc1ccccc1OCCN(C)C)NCC1CC(=O)Nc2ccccc21.I. The predicted molar refractivity (Wildman–Crippen MR) is 141 cm³/mol. The number of nitrogens with one attached hydrogen (secondary N) is 3. The summed E-state index contributed by atoms with van der Waals surface area (Å²) in [4.78, 5) is 18.9. The Hall–Kier alpha value is -2.33. The highest BCUT2D eigenvalue weighted by atomic mass is 127. The molecule has 2 aromatic carbocycles. The molecule has 0 saturated heterocycles. The number of rotatable bonds is 9. The summed E-state index contributed by atoms with van der Waals surface area (Å²) in [6.07, 6.45) is 0.464. The van der Waals surface area contributed by atoms with E-state index in [1.807, 2.05) is 63.5 Å². The summed E-state index contributed by atoms with van der Waals surface area (Å²) in [5.41, 5.74) is 3.10. The Bertz CT molecular complexity index is 903. The van der Waals surface area contributed by atoms with E-state index in [2.05, 4.69) is 26.9 Å². The molecule has 1 heterocycles. The van der Waals surface area contributed by atoms with Gasteiger partial charge in [-0.15, -0.1) is 24.0 Å². The average Bonchev–Trinajstić information content (AvgIpc) is 2.76. The molecule has 2 aromatic rings. The number of hydrogen-bond donors (Lipinski definition) is 3. The number of hydrogen-bond acceptors (Lipinski definition) is 4. The number of amides is 1. The van der Waals surface area contributed by atoms with Crippen LogP contribution in [0, 0.1) is 0 Å². The van der Waals surface area contributed by atoms with Gasteiger partial charge in [0.1, 0.15) is 12.4 Å². The molecule has 8 heteroatoms. The molecule has 1 aliphatic heterocycles. The Kier molecular flexibility index (Phi) is 10.8. The average molecular weight is 551 g/mol. The van der Waals surface area contributed by atoms with Crippen LogP contribution in [0.3, 0.4) is 0 Å². The third kappa shape index (κ3) is 7.67. The van der Waals surface area contributed by atoms with Crippen LogP contribution in [-0.2, 0) is 11.3 Å². The fraction of sp³-hybridized carbons (Fsp3) is 0.417. The normalized spacial score (nSPS) is 15.4. The summed E-state index contributed by atoms with van der Waals surface area (Å²) >= 11 is 0. The number of halogens is 1. The summed E-state index contributed by atoms with van der Waals surface area (Å²) in [6, 6.07) is 16.0. The number of aliphatic imine (C=N–C) groups is 1. The van der Waals surface area contributed by atoms with Crippen molar-refractivity contribution in [3.05, 3.63) is 59.7 Å². The van der Waals surface area contributed by atoms with E-state index in [0.717, 1.165) is 41.6 Å². The van der Waals surface area contributed by atoms with Crippen LogP contribution in [0.1, 0.15) is 30.4 Å². The van der Waals surface area contributed by atoms with Crippen LogP contribution in [0.4, 0.5) is 5.69 Å². The van der Waals surface area contributed by atoms with Gasteiger partial charge in [0.2, 0.25) is 5.91 Å². The first-order valence-corrected chi connectivity index (χ1v) is 10.8. The number of para-hydroxylation sites is 2. The van der Waals surface area contributed by atoms with Gasteiger partial charge in [-0.3, -0.25) is 4.79 Å². The summed E-state index contributed by atoms with van der Waals surface area (Å²) in [6.45, 7) is 5.44. The molecule has 0 fully saturated rings. The van der Waals surface area contributed by atoms with Gasteiger partial charge in [0.25, 0.3) is 0 Å². The lowest BCUT2D eigenvalue weighted by atomic mass is 9.90. The number of guanidine groups is 1. The molecule has 3 rings (SSSR count). The molecular weight excluding hydrogens is 517 g/mol. The lowest BCUT2D eigenvalue weighted by Gasteiger charge is -2.26. The van der Waals surface area contributed by atoms with Crippen molar-refractivity contribution in [2.75, 3.05) is 45.7 Å². The van der Waals surface area contributed by atoms with Crippen molar-refractivity contribution in [1.29, 1.82) is 0 Å². The summed E-state index contributed by atoms with van der Waals surface area (Å²) in [5, 5.41) is 9.66. The minimum atomic E-state index is 0. The predicted octanol–water partition coefficient (Wildman–Crippen LogP) is 3.43. The van der Waals surface area contributed by atoms with E-state index in [4.69, 9.17) is 9.73 Å². The van der Waals surface area contributed by atoms with Gasteiger partial charge in [0, 0.05) is 43.2 Å². The molecule has 32 heavy (non-hydrogen) atoms. The van der Waals surface area contributed by atoms with E-state index in [1.165, 1.54) is 0 Å². The van der Waals surface area contributed by atoms with Crippen molar-refractivity contribution < 1.29 is 9.53 Å². The second-order valence-corrected chi connectivity index (χ2v) is 7.87. The third-order valence-corrected chi connectivity index (χ3v) is 5.14. The van der Waals surface area contributed by atoms with Gasteiger partial charge < -0.3 is 25.6 Å². The first kappa shape index (κ1) is 25.9. The zero-order chi connectivity index (χ0) is 22.1. The number of benzene rings is 2. The number of carbonyl (C=O) groups excluding carboxylic acids is 1. The van der Waals surface area contributed by atoms with Crippen molar-refractivity contribution in [2.45, 2.75) is 25.8 Å². The monoisotopic (exact) mass is 551 g/mol. The fourth-order valence-electron chi connectivity index (χ4n) is 3.52. The molecule has 174 valence electrons. The molecule has 0 saturated carbocycles. The highest BCUT2D eigenvalue weighted by Crippen LogP contribution is 2.31. The molecule has 1 amide bonds. The van der Waals surface area contributed by atoms with Crippen LogP contribution >= 0.6 is 24.0 Å². The summed E-state index contributed by atoms with van der Waals surface area (Å²) in [7, 11) is 4.06. The number of ether oxygens (including phenoxy) is 1. The highest BCUT2D eigenvalue weighted by molar-refractivity contribution is 14.0. The minimum Gasteiger partial charge on any atom is -0.492 e. The molecular formula is C24H34IN5O2. The maximum atomic E-state index is 12.1. The van der Waals surface area contributed by atoms with Gasteiger partial charge in [0.15, 0.2) is 5.96 Å².